The van der Waals surface area contributed by atoms with Crippen LogP contribution in [-0.4, -0.2) is 65.7 Å². The van der Waals surface area contributed by atoms with E-state index in [4.69, 9.17) is 4.42 Å². The monoisotopic (exact) mass is 417 g/mol. The summed E-state index contributed by atoms with van der Waals surface area (Å²) in [4.78, 5) is 18.0. The van der Waals surface area contributed by atoms with Gasteiger partial charge in [-0.05, 0) is 56.3 Å². The normalized spacial score (nSPS) is 16.6. The van der Waals surface area contributed by atoms with Gasteiger partial charge in [0.05, 0.1) is 16.6 Å². The minimum Gasteiger partial charge on any atom is -0.455 e. The Bertz CT molecular complexity index is 828. The number of piperazine rings is 1. The van der Waals surface area contributed by atoms with Gasteiger partial charge in [0, 0.05) is 37.6 Å². The lowest BCUT2D eigenvalue weighted by molar-refractivity contribution is 0.0919. The second-order valence-corrected chi connectivity index (χ2v) is 8.91. The molecule has 3 rings (SSSR count). The average molecular weight is 418 g/mol. The van der Waals surface area contributed by atoms with Crippen LogP contribution in [0.3, 0.4) is 0 Å². The summed E-state index contributed by atoms with van der Waals surface area (Å²) < 4.78 is 18.1. The van der Waals surface area contributed by atoms with Gasteiger partial charge >= 0.3 is 0 Å². The lowest BCUT2D eigenvalue weighted by Crippen LogP contribution is -2.46. The van der Waals surface area contributed by atoms with Crippen molar-refractivity contribution in [2.75, 3.05) is 45.8 Å². The number of amides is 1. The van der Waals surface area contributed by atoms with Crippen LogP contribution in [0.4, 0.5) is 0 Å². The van der Waals surface area contributed by atoms with Gasteiger partial charge in [0.25, 0.3) is 5.91 Å². The number of nitrogens with zero attached hydrogens (tertiary/aromatic N) is 2. The van der Waals surface area contributed by atoms with Crippen LogP contribution >= 0.6 is 0 Å². The number of furan rings is 1. The van der Waals surface area contributed by atoms with Crippen molar-refractivity contribution in [1.29, 1.82) is 0 Å². The zero-order chi connectivity index (χ0) is 20.6. The van der Waals surface area contributed by atoms with Gasteiger partial charge in [0.15, 0.2) is 5.76 Å². The van der Waals surface area contributed by atoms with Crippen molar-refractivity contribution < 1.29 is 13.4 Å². The molecule has 0 aliphatic carbocycles. The lowest BCUT2D eigenvalue weighted by atomic mass is 10.2. The summed E-state index contributed by atoms with van der Waals surface area (Å²) in [7, 11) is -1.19. The molecule has 1 atom stereocenters. The van der Waals surface area contributed by atoms with Gasteiger partial charge in [-0.3, -0.25) is 9.00 Å². The minimum absolute atomic E-state index is 0.214. The third kappa shape index (κ3) is 6.52. The first kappa shape index (κ1) is 21.7. The fraction of sp³-hybridized carbons (Fsp3) is 0.500. The third-order valence-electron chi connectivity index (χ3n) is 5.26. The number of carbonyl (C=O) groups is 1. The summed E-state index contributed by atoms with van der Waals surface area (Å²) in [5, 5.41) is 2.92. The average Bonchev–Trinajstić information content (AvgIpc) is 3.20. The van der Waals surface area contributed by atoms with Crippen molar-refractivity contribution in [3.05, 3.63) is 53.5 Å². The number of rotatable bonds is 9. The molecule has 1 N–H and O–H groups in total. The Kier molecular flexibility index (Phi) is 8.03. The number of likely N-dealkylation sites (N-methyl/N-ethyl adjacent to an activating group) is 1. The van der Waals surface area contributed by atoms with Gasteiger partial charge in [0.2, 0.25) is 0 Å². The highest BCUT2D eigenvalue weighted by Gasteiger charge is 2.16. The highest BCUT2D eigenvalue weighted by molar-refractivity contribution is 7.84. The molecule has 29 heavy (non-hydrogen) atoms. The number of carbonyl (C=O) groups excluding carboxylic acids is 1. The molecule has 1 aliphatic heterocycles. The van der Waals surface area contributed by atoms with Crippen molar-refractivity contribution in [1.82, 2.24) is 15.1 Å². The fourth-order valence-electron chi connectivity index (χ4n) is 3.47. The third-order valence-corrected chi connectivity index (χ3v) is 6.59. The van der Waals surface area contributed by atoms with E-state index in [1.54, 1.807) is 12.1 Å². The molecule has 0 unspecified atom stereocenters. The summed E-state index contributed by atoms with van der Waals surface area (Å²) >= 11 is 0. The Morgan fingerprint density at radius 3 is 2.62 bits per heavy atom. The van der Waals surface area contributed by atoms with Crippen LogP contribution in [-0.2, 0) is 16.6 Å². The number of nitrogens with one attached hydrogen (secondary N) is 1. The van der Waals surface area contributed by atoms with Crippen molar-refractivity contribution in [2.24, 2.45) is 0 Å². The van der Waals surface area contributed by atoms with E-state index in [2.05, 4.69) is 22.0 Å². The maximum absolute atomic E-state index is 12.5. The Balaban J connectivity index is 1.39. The molecule has 2 aromatic rings. The van der Waals surface area contributed by atoms with Crippen molar-refractivity contribution in [3.8, 4) is 0 Å². The second-order valence-electron chi connectivity index (χ2n) is 7.46. The first-order valence-electron chi connectivity index (χ1n) is 10.3. The standard InChI is InChI=1S/C22H31N3O3S/c1-3-24-12-14-25(15-13-24)11-5-10-23-22(26)21-9-8-19(28-21)17-29(27)20-7-4-6-18(2)16-20/h4,6-9,16H,3,5,10-15,17H2,1-2H3,(H,23,26)/t29-/m1/s1. The molecular weight excluding hydrogens is 386 g/mol. The van der Waals surface area contributed by atoms with Crippen LogP contribution in [0, 0.1) is 6.92 Å². The van der Waals surface area contributed by atoms with Gasteiger partial charge in [-0.15, -0.1) is 0 Å². The van der Waals surface area contributed by atoms with E-state index >= 15 is 0 Å². The van der Waals surface area contributed by atoms with Crippen molar-refractivity contribution in [3.63, 3.8) is 0 Å². The maximum atomic E-state index is 12.5. The number of hydrogen-bond acceptors (Lipinski definition) is 5. The van der Waals surface area contributed by atoms with E-state index in [1.807, 2.05) is 31.2 Å². The van der Waals surface area contributed by atoms with E-state index in [9.17, 15) is 9.00 Å². The predicted molar refractivity (Wildman–Crippen MR) is 116 cm³/mol. The zero-order valence-corrected chi connectivity index (χ0v) is 18.2. The summed E-state index contributed by atoms with van der Waals surface area (Å²) in [6.07, 6.45) is 0.919. The van der Waals surface area contributed by atoms with E-state index in [1.165, 1.54) is 0 Å². The largest absolute Gasteiger partial charge is 0.455 e. The van der Waals surface area contributed by atoms with Crippen LogP contribution in [0.1, 0.15) is 35.2 Å². The van der Waals surface area contributed by atoms with Crippen LogP contribution in [0.25, 0.3) is 0 Å². The Morgan fingerprint density at radius 1 is 1.14 bits per heavy atom. The summed E-state index contributed by atoms with van der Waals surface area (Å²) in [6.45, 7) is 11.4. The predicted octanol–water partition coefficient (Wildman–Crippen LogP) is 2.65. The second kappa shape index (κ2) is 10.7. The fourth-order valence-corrected chi connectivity index (χ4v) is 4.60. The van der Waals surface area contributed by atoms with Crippen LogP contribution < -0.4 is 5.32 Å². The molecule has 1 aromatic heterocycles. The molecule has 158 valence electrons. The first-order valence-corrected chi connectivity index (χ1v) is 11.6. The van der Waals surface area contributed by atoms with Gasteiger partial charge < -0.3 is 19.5 Å². The maximum Gasteiger partial charge on any atom is 0.286 e. The highest BCUT2D eigenvalue weighted by Crippen LogP contribution is 2.16. The van der Waals surface area contributed by atoms with E-state index in [0.29, 0.717) is 12.3 Å². The van der Waals surface area contributed by atoms with Gasteiger partial charge in [-0.2, -0.15) is 0 Å². The van der Waals surface area contributed by atoms with Crippen LogP contribution in [0.15, 0.2) is 45.7 Å². The lowest BCUT2D eigenvalue weighted by Gasteiger charge is -2.33. The summed E-state index contributed by atoms with van der Waals surface area (Å²) in [5.41, 5.74) is 1.07. The zero-order valence-electron chi connectivity index (χ0n) is 17.4. The molecule has 1 saturated heterocycles. The quantitative estimate of drug-likeness (QED) is 0.636. The van der Waals surface area contributed by atoms with Crippen LogP contribution in [0.2, 0.25) is 0 Å². The Hall–Kier alpha value is -1.96. The number of hydrogen-bond donors (Lipinski definition) is 1. The topological polar surface area (TPSA) is 65.8 Å². The van der Waals surface area contributed by atoms with Crippen molar-refractivity contribution in [2.45, 2.75) is 30.9 Å². The van der Waals surface area contributed by atoms with Gasteiger partial charge in [-0.25, -0.2) is 0 Å². The summed E-state index contributed by atoms with van der Waals surface area (Å²) in [6, 6.07) is 11.0. The minimum atomic E-state index is -1.19. The molecule has 0 spiro atoms. The van der Waals surface area contributed by atoms with Crippen LogP contribution in [0.5, 0.6) is 0 Å². The van der Waals surface area contributed by atoms with Gasteiger partial charge in [0.1, 0.15) is 5.76 Å². The van der Waals surface area contributed by atoms with Gasteiger partial charge in [-0.1, -0.05) is 19.1 Å². The molecule has 1 aromatic carbocycles. The molecule has 0 radical (unpaired) electrons. The molecule has 6 nitrogen and oxygen atoms in total. The first-order chi connectivity index (χ1) is 14.0. The molecule has 1 amide bonds. The molecular formula is C22H31N3O3S. The molecule has 1 fully saturated rings. The van der Waals surface area contributed by atoms with Crippen molar-refractivity contribution >= 4 is 16.7 Å². The molecule has 2 heterocycles. The van der Waals surface area contributed by atoms with E-state index in [-0.39, 0.29) is 17.4 Å². The molecule has 1 aliphatic rings. The Morgan fingerprint density at radius 2 is 1.90 bits per heavy atom. The number of aryl methyl sites for hydroxylation is 1. The SMILES string of the molecule is CCN1CCN(CCCNC(=O)c2ccc(C[S@@](=O)c3cccc(C)c3)o2)CC1. The Labute approximate surface area is 175 Å². The smallest absolute Gasteiger partial charge is 0.286 e. The molecule has 7 heteroatoms. The summed E-state index contributed by atoms with van der Waals surface area (Å²) in [5.74, 6) is 0.885. The van der Waals surface area contributed by atoms with E-state index < -0.39 is 10.8 Å². The van der Waals surface area contributed by atoms with E-state index in [0.717, 1.165) is 56.1 Å². The number of benzene rings is 1. The molecule has 0 bridgehead atoms. The molecule has 0 saturated carbocycles. The highest BCUT2D eigenvalue weighted by atomic mass is 32.2.